The van der Waals surface area contributed by atoms with E-state index in [1.165, 1.54) is 17.5 Å². The van der Waals surface area contributed by atoms with E-state index in [4.69, 9.17) is 4.74 Å². The third-order valence-corrected chi connectivity index (χ3v) is 8.59. The number of benzene rings is 2. The van der Waals surface area contributed by atoms with E-state index in [0.717, 1.165) is 43.4 Å². The normalized spacial score (nSPS) is 35.0. The molecule has 0 aromatic heterocycles. The molecule has 5 atom stereocenters. The van der Waals surface area contributed by atoms with Crippen LogP contribution in [0.5, 0.6) is 11.5 Å². The highest BCUT2D eigenvalue weighted by Crippen LogP contribution is 2.64. The molecule has 30 heavy (non-hydrogen) atoms. The van der Waals surface area contributed by atoms with Gasteiger partial charge in [-0.1, -0.05) is 37.3 Å². The second-order valence-electron chi connectivity index (χ2n) is 9.82. The van der Waals surface area contributed by atoms with Gasteiger partial charge in [-0.3, -0.25) is 0 Å². The Kier molecular flexibility index (Phi) is 4.70. The van der Waals surface area contributed by atoms with Crippen LogP contribution < -0.4 is 4.74 Å². The van der Waals surface area contributed by atoms with Crippen molar-refractivity contribution in [1.82, 2.24) is 0 Å². The number of phenolic OH excluding ortho intramolecular Hbond substituents is 1. The Labute approximate surface area is 179 Å². The van der Waals surface area contributed by atoms with Gasteiger partial charge in [-0.2, -0.15) is 0 Å². The number of hydrogen-bond acceptors (Lipinski definition) is 3. The van der Waals surface area contributed by atoms with Gasteiger partial charge >= 0.3 is 0 Å². The van der Waals surface area contributed by atoms with E-state index < -0.39 is 5.60 Å². The number of ether oxygens (including phenoxy) is 1. The smallest absolute Gasteiger partial charge is 0.118 e. The average molecular weight is 405 g/mol. The number of phenols is 1. The topological polar surface area (TPSA) is 49.7 Å². The zero-order chi connectivity index (χ0) is 20.9. The molecule has 0 spiro atoms. The monoisotopic (exact) mass is 404 g/mol. The summed E-state index contributed by atoms with van der Waals surface area (Å²) in [6, 6.07) is 14.0. The van der Waals surface area contributed by atoms with Crippen molar-refractivity contribution in [3.63, 3.8) is 0 Å². The maximum Gasteiger partial charge on any atom is 0.118 e. The van der Waals surface area contributed by atoms with Gasteiger partial charge in [-0.25, -0.2) is 0 Å². The fourth-order valence-corrected chi connectivity index (χ4v) is 6.84. The van der Waals surface area contributed by atoms with Crippen molar-refractivity contribution in [3.05, 3.63) is 65.2 Å². The standard InChI is InChI=1S/C27H32O3/c1-26-14-12-23-22-10-6-20(28)17-19(22)5-9-24(23)25(26)13-16-27(26,29)15-11-18-3-7-21(30-2)8-4-18/h3-4,6-8,10-11,15,17,23-25,28-29H,5,9,12-14,16H2,1-2H3/b15-11-/t23?,24?,25?,26-,27-/m0/s1. The van der Waals surface area contributed by atoms with Crippen molar-refractivity contribution >= 4 is 6.08 Å². The minimum absolute atomic E-state index is 0.0778. The van der Waals surface area contributed by atoms with E-state index in [1.54, 1.807) is 7.11 Å². The number of methoxy groups -OCH3 is 1. The molecule has 0 aliphatic heterocycles. The SMILES string of the molecule is COc1ccc(/C=C\[C@]2(O)CCC3C4CCc5cc(O)ccc5C4CC[C@@]32C)cc1. The fraction of sp³-hybridized carbons (Fsp3) is 0.481. The predicted molar refractivity (Wildman–Crippen MR) is 120 cm³/mol. The first-order valence-corrected chi connectivity index (χ1v) is 11.3. The number of hydrogen-bond donors (Lipinski definition) is 2. The molecule has 2 N–H and O–H groups in total. The second kappa shape index (κ2) is 7.16. The molecule has 0 bridgehead atoms. The van der Waals surface area contributed by atoms with Gasteiger partial charge in [-0.15, -0.1) is 0 Å². The quantitative estimate of drug-likeness (QED) is 0.690. The number of aliphatic hydroxyl groups is 1. The molecule has 2 saturated carbocycles. The molecular weight excluding hydrogens is 372 g/mol. The van der Waals surface area contributed by atoms with Crippen LogP contribution in [0.4, 0.5) is 0 Å². The molecule has 0 radical (unpaired) electrons. The summed E-state index contributed by atoms with van der Waals surface area (Å²) in [4.78, 5) is 0. The minimum atomic E-state index is -0.752. The maximum atomic E-state index is 11.8. The van der Waals surface area contributed by atoms with Crippen LogP contribution in [-0.4, -0.2) is 22.9 Å². The van der Waals surface area contributed by atoms with Crippen LogP contribution in [-0.2, 0) is 6.42 Å². The van der Waals surface area contributed by atoms with Crippen LogP contribution in [0, 0.1) is 17.3 Å². The number of rotatable bonds is 3. The van der Waals surface area contributed by atoms with Crippen LogP contribution in [0.15, 0.2) is 48.5 Å². The molecule has 3 unspecified atom stereocenters. The number of aromatic hydroxyl groups is 1. The van der Waals surface area contributed by atoms with Gasteiger partial charge in [0, 0.05) is 5.41 Å². The summed E-state index contributed by atoms with van der Waals surface area (Å²) in [5.74, 6) is 2.98. The van der Waals surface area contributed by atoms with Gasteiger partial charge in [0.25, 0.3) is 0 Å². The van der Waals surface area contributed by atoms with Crippen LogP contribution in [0.25, 0.3) is 6.08 Å². The highest BCUT2D eigenvalue weighted by atomic mass is 16.5. The van der Waals surface area contributed by atoms with Gasteiger partial charge < -0.3 is 14.9 Å². The minimum Gasteiger partial charge on any atom is -0.508 e. The molecule has 0 amide bonds. The van der Waals surface area contributed by atoms with Gasteiger partial charge in [0.2, 0.25) is 0 Å². The van der Waals surface area contributed by atoms with Crippen LogP contribution in [0.1, 0.15) is 61.6 Å². The Morgan fingerprint density at radius 1 is 1.03 bits per heavy atom. The van der Waals surface area contributed by atoms with Crippen LogP contribution in [0.3, 0.4) is 0 Å². The lowest BCUT2D eigenvalue weighted by molar-refractivity contribution is -0.0705. The fourth-order valence-electron chi connectivity index (χ4n) is 6.84. The molecule has 0 heterocycles. The Morgan fingerprint density at radius 3 is 2.60 bits per heavy atom. The molecule has 0 saturated heterocycles. The lowest BCUT2D eigenvalue weighted by Gasteiger charge is -2.52. The Balaban J connectivity index is 1.40. The van der Waals surface area contributed by atoms with Gasteiger partial charge in [0.1, 0.15) is 11.5 Å². The first-order valence-electron chi connectivity index (χ1n) is 11.3. The lowest BCUT2D eigenvalue weighted by atomic mass is 9.53. The molecule has 5 rings (SSSR count). The molecule has 3 aliphatic rings. The average Bonchev–Trinajstić information content (AvgIpc) is 3.03. The molecule has 3 heteroatoms. The number of aryl methyl sites for hydroxylation is 1. The van der Waals surface area contributed by atoms with E-state index in [-0.39, 0.29) is 5.41 Å². The van der Waals surface area contributed by atoms with E-state index in [0.29, 0.717) is 23.5 Å². The summed E-state index contributed by atoms with van der Waals surface area (Å²) >= 11 is 0. The molecule has 2 aromatic carbocycles. The third kappa shape index (κ3) is 2.98. The Bertz CT molecular complexity index is 963. The molecular formula is C27H32O3. The van der Waals surface area contributed by atoms with Gasteiger partial charge in [-0.05, 0) is 97.2 Å². The number of fused-ring (bicyclic) bond motifs is 5. The summed E-state index contributed by atoms with van der Waals surface area (Å²) in [5, 5.41) is 21.7. The summed E-state index contributed by atoms with van der Waals surface area (Å²) < 4.78 is 5.25. The van der Waals surface area contributed by atoms with E-state index in [9.17, 15) is 10.2 Å². The molecule has 3 aliphatic carbocycles. The van der Waals surface area contributed by atoms with Crippen molar-refractivity contribution < 1.29 is 14.9 Å². The predicted octanol–water partition coefficient (Wildman–Crippen LogP) is 5.70. The zero-order valence-electron chi connectivity index (χ0n) is 18.0. The Hall–Kier alpha value is -2.26. The summed E-state index contributed by atoms with van der Waals surface area (Å²) in [6.45, 7) is 2.32. The van der Waals surface area contributed by atoms with Crippen LogP contribution in [0.2, 0.25) is 0 Å². The first-order chi connectivity index (χ1) is 14.4. The van der Waals surface area contributed by atoms with E-state index in [1.807, 2.05) is 36.4 Å². The van der Waals surface area contributed by atoms with E-state index in [2.05, 4.69) is 25.1 Å². The second-order valence-corrected chi connectivity index (χ2v) is 9.82. The van der Waals surface area contributed by atoms with Crippen molar-refractivity contribution in [3.8, 4) is 11.5 Å². The molecule has 158 valence electrons. The Morgan fingerprint density at radius 2 is 1.83 bits per heavy atom. The van der Waals surface area contributed by atoms with E-state index >= 15 is 0 Å². The van der Waals surface area contributed by atoms with Crippen molar-refractivity contribution in [2.24, 2.45) is 17.3 Å². The highest BCUT2D eigenvalue weighted by Gasteiger charge is 2.60. The maximum absolute atomic E-state index is 11.8. The van der Waals surface area contributed by atoms with Crippen molar-refractivity contribution in [2.45, 2.75) is 57.0 Å². The van der Waals surface area contributed by atoms with Gasteiger partial charge in [0.15, 0.2) is 0 Å². The van der Waals surface area contributed by atoms with Crippen molar-refractivity contribution in [2.75, 3.05) is 7.11 Å². The third-order valence-electron chi connectivity index (χ3n) is 8.59. The molecule has 2 fully saturated rings. The summed E-state index contributed by atoms with van der Waals surface area (Å²) in [5.41, 5.74) is 3.03. The summed E-state index contributed by atoms with van der Waals surface area (Å²) in [7, 11) is 1.68. The van der Waals surface area contributed by atoms with Gasteiger partial charge in [0.05, 0.1) is 12.7 Å². The molecule has 2 aromatic rings. The molecule has 3 nitrogen and oxygen atoms in total. The zero-order valence-corrected chi connectivity index (χ0v) is 18.0. The highest BCUT2D eigenvalue weighted by molar-refractivity contribution is 5.52. The first kappa shape index (κ1) is 19.7. The lowest BCUT2D eigenvalue weighted by Crippen LogP contribution is -2.49. The van der Waals surface area contributed by atoms with Crippen LogP contribution >= 0.6 is 0 Å². The summed E-state index contributed by atoms with van der Waals surface area (Å²) in [6.07, 6.45) is 10.5. The largest absolute Gasteiger partial charge is 0.508 e. The van der Waals surface area contributed by atoms with Crippen molar-refractivity contribution in [1.29, 1.82) is 0 Å².